The third-order valence-electron chi connectivity index (χ3n) is 2.08. The van der Waals surface area contributed by atoms with Crippen LogP contribution in [0, 0.1) is 0 Å². The normalized spacial score (nSPS) is 12.1. The van der Waals surface area contributed by atoms with Crippen molar-refractivity contribution in [3.63, 3.8) is 0 Å². The molecule has 0 heterocycles. The molecule has 5 nitrogen and oxygen atoms in total. The molecule has 0 fully saturated rings. The molecule has 108 valence electrons. The predicted molar refractivity (Wildman–Crippen MR) is 74.8 cm³/mol. The lowest BCUT2D eigenvalue weighted by atomic mass is 10.1. The van der Waals surface area contributed by atoms with Crippen LogP contribution in [0.1, 0.15) is 47.0 Å². The van der Waals surface area contributed by atoms with Gasteiger partial charge in [0.05, 0.1) is 6.61 Å². The Morgan fingerprint density at radius 2 is 1.89 bits per heavy atom. The first-order valence-electron chi connectivity index (χ1n) is 6.03. The molecule has 0 saturated heterocycles. The highest BCUT2D eigenvalue weighted by molar-refractivity contribution is 7.81. The molecule has 0 aromatic carbocycles. The third-order valence-corrected chi connectivity index (χ3v) is 2.35. The van der Waals surface area contributed by atoms with Crippen molar-refractivity contribution in [1.29, 1.82) is 0 Å². The largest absolute Gasteiger partial charge is 0.480 e. The van der Waals surface area contributed by atoms with Gasteiger partial charge in [0, 0.05) is 11.2 Å². The second-order valence-corrected chi connectivity index (χ2v) is 5.55. The van der Waals surface area contributed by atoms with E-state index in [1.54, 1.807) is 20.8 Å². The van der Waals surface area contributed by atoms with Crippen LogP contribution in [0.5, 0.6) is 0 Å². The number of carbonyl (C=O) groups is 2. The van der Waals surface area contributed by atoms with Crippen molar-refractivity contribution < 1.29 is 19.4 Å². The van der Waals surface area contributed by atoms with Crippen LogP contribution in [0.3, 0.4) is 0 Å². The van der Waals surface area contributed by atoms with Crippen molar-refractivity contribution in [3.05, 3.63) is 0 Å². The Balaban J connectivity index is 0. The first-order chi connectivity index (χ1) is 8.16. The SMILES string of the molecule is CC(C)(S)[C@@H](N)C(=O)O.CCCCOC(=O)CC. The minimum absolute atomic E-state index is 0.0940. The van der Waals surface area contributed by atoms with E-state index >= 15 is 0 Å². The molecule has 0 aliphatic heterocycles. The first kappa shape index (κ1) is 19.6. The lowest BCUT2D eigenvalue weighted by Crippen LogP contribution is -2.45. The molecule has 0 amide bonds. The number of ether oxygens (including phenoxy) is 1. The van der Waals surface area contributed by atoms with Gasteiger partial charge in [0.2, 0.25) is 0 Å². The van der Waals surface area contributed by atoms with E-state index < -0.39 is 16.8 Å². The molecule has 18 heavy (non-hydrogen) atoms. The summed E-state index contributed by atoms with van der Waals surface area (Å²) in [4.78, 5) is 20.6. The second kappa shape index (κ2) is 10.2. The van der Waals surface area contributed by atoms with Gasteiger partial charge in [-0.2, -0.15) is 12.6 Å². The van der Waals surface area contributed by atoms with E-state index in [0.717, 1.165) is 12.8 Å². The fraction of sp³-hybridized carbons (Fsp3) is 0.833. The van der Waals surface area contributed by atoms with Crippen LogP contribution in [0.15, 0.2) is 0 Å². The Morgan fingerprint density at radius 3 is 2.11 bits per heavy atom. The molecule has 0 saturated carbocycles. The van der Waals surface area contributed by atoms with E-state index in [0.29, 0.717) is 13.0 Å². The first-order valence-corrected chi connectivity index (χ1v) is 6.47. The highest BCUT2D eigenvalue weighted by Gasteiger charge is 2.27. The van der Waals surface area contributed by atoms with Crippen molar-refractivity contribution in [3.8, 4) is 0 Å². The number of aliphatic carboxylic acids is 1. The van der Waals surface area contributed by atoms with Gasteiger partial charge in [0.15, 0.2) is 0 Å². The topological polar surface area (TPSA) is 89.6 Å². The van der Waals surface area contributed by atoms with Crippen LogP contribution in [-0.4, -0.2) is 34.4 Å². The van der Waals surface area contributed by atoms with Crippen molar-refractivity contribution in [2.24, 2.45) is 5.73 Å². The van der Waals surface area contributed by atoms with Crippen molar-refractivity contribution >= 4 is 24.6 Å². The van der Waals surface area contributed by atoms with Gasteiger partial charge < -0.3 is 15.6 Å². The fourth-order valence-electron chi connectivity index (χ4n) is 0.735. The van der Waals surface area contributed by atoms with Crippen LogP contribution in [0.4, 0.5) is 0 Å². The maximum atomic E-state index is 10.5. The van der Waals surface area contributed by atoms with Crippen LogP contribution in [0.25, 0.3) is 0 Å². The molecule has 0 bridgehead atoms. The molecule has 1 atom stereocenters. The molecule has 0 rings (SSSR count). The number of thiol groups is 1. The third kappa shape index (κ3) is 11.7. The molecule has 0 spiro atoms. The Hall–Kier alpha value is -0.750. The average molecular weight is 279 g/mol. The maximum absolute atomic E-state index is 10.5. The summed E-state index contributed by atoms with van der Waals surface area (Å²) in [5.41, 5.74) is 5.22. The van der Waals surface area contributed by atoms with Gasteiger partial charge >= 0.3 is 11.9 Å². The van der Waals surface area contributed by atoms with E-state index in [4.69, 9.17) is 15.6 Å². The highest BCUT2D eigenvalue weighted by Crippen LogP contribution is 2.15. The second-order valence-electron chi connectivity index (χ2n) is 4.40. The van der Waals surface area contributed by atoms with Crippen LogP contribution < -0.4 is 5.73 Å². The minimum atomic E-state index is -1.02. The summed E-state index contributed by atoms with van der Waals surface area (Å²) >= 11 is 3.98. The number of unbranched alkanes of at least 4 members (excludes halogenated alkanes) is 1. The monoisotopic (exact) mass is 279 g/mol. The van der Waals surface area contributed by atoms with Gasteiger partial charge in [-0.3, -0.25) is 9.59 Å². The summed E-state index contributed by atoms with van der Waals surface area (Å²) in [5.74, 6) is -1.11. The molecule has 6 heteroatoms. The summed E-state index contributed by atoms with van der Waals surface area (Å²) in [7, 11) is 0. The number of carboxylic acids is 1. The molecule has 3 N–H and O–H groups in total. The smallest absolute Gasteiger partial charge is 0.321 e. The van der Waals surface area contributed by atoms with Crippen LogP contribution >= 0.6 is 12.6 Å². The summed E-state index contributed by atoms with van der Waals surface area (Å²) < 4.78 is 4.15. The fourth-order valence-corrected chi connectivity index (χ4v) is 0.845. The van der Waals surface area contributed by atoms with Gasteiger partial charge in [-0.25, -0.2) is 0 Å². The van der Waals surface area contributed by atoms with Crippen molar-refractivity contribution in [1.82, 2.24) is 0 Å². The van der Waals surface area contributed by atoms with Gasteiger partial charge in [-0.15, -0.1) is 0 Å². The van der Waals surface area contributed by atoms with Gasteiger partial charge in [0.25, 0.3) is 0 Å². The molecule has 0 aliphatic carbocycles. The number of carbonyl (C=O) groups excluding carboxylic acids is 1. The van der Waals surface area contributed by atoms with Crippen molar-refractivity contribution in [2.75, 3.05) is 6.61 Å². The van der Waals surface area contributed by atoms with E-state index in [1.807, 2.05) is 0 Å². The number of hydrogen-bond acceptors (Lipinski definition) is 5. The van der Waals surface area contributed by atoms with Crippen LogP contribution in [0.2, 0.25) is 0 Å². The minimum Gasteiger partial charge on any atom is -0.480 e. The summed E-state index contributed by atoms with van der Waals surface area (Å²) in [6, 6.07) is -0.902. The average Bonchev–Trinajstić information content (AvgIpc) is 2.27. The van der Waals surface area contributed by atoms with Crippen molar-refractivity contribution in [2.45, 2.75) is 57.7 Å². The quantitative estimate of drug-likeness (QED) is 0.392. The van der Waals surface area contributed by atoms with E-state index in [1.165, 1.54) is 0 Å². The number of nitrogens with two attached hydrogens (primary N) is 1. The predicted octanol–water partition coefficient (Wildman–Crippen LogP) is 1.85. The summed E-state index contributed by atoms with van der Waals surface area (Å²) in [6.45, 7) is 7.78. The Bertz CT molecular complexity index is 251. The van der Waals surface area contributed by atoms with E-state index in [2.05, 4.69) is 19.6 Å². The molecule has 0 radical (unpaired) electrons. The number of rotatable bonds is 6. The van der Waals surface area contributed by atoms with E-state index in [-0.39, 0.29) is 5.97 Å². The molecule has 0 aromatic heterocycles. The molecule has 0 aliphatic rings. The Kier molecular flexibility index (Phi) is 11.1. The molecular weight excluding hydrogens is 254 g/mol. The highest BCUT2D eigenvalue weighted by atomic mass is 32.1. The number of esters is 1. The zero-order chi connectivity index (χ0) is 14.8. The standard InChI is InChI=1S/C7H14O2.C5H11NO2S/c1-3-5-6-9-7(8)4-2;1-5(2,9)3(6)4(7)8/h3-6H2,1-2H3;3,9H,6H2,1-2H3,(H,7,8)/t;3-/m.0/s1. The van der Waals surface area contributed by atoms with E-state index in [9.17, 15) is 9.59 Å². The lowest BCUT2D eigenvalue weighted by Gasteiger charge is -2.21. The summed E-state index contributed by atoms with van der Waals surface area (Å²) in [6.07, 6.45) is 2.55. The molecule has 0 unspecified atom stereocenters. The molecule has 0 aromatic rings. The number of hydrogen-bond donors (Lipinski definition) is 3. The van der Waals surface area contributed by atoms with Gasteiger partial charge in [0.1, 0.15) is 6.04 Å². The summed E-state index contributed by atoms with van der Waals surface area (Å²) in [5, 5.41) is 8.34. The zero-order valence-corrected chi connectivity index (χ0v) is 12.5. The van der Waals surface area contributed by atoms with Gasteiger partial charge in [-0.1, -0.05) is 20.3 Å². The maximum Gasteiger partial charge on any atom is 0.321 e. The van der Waals surface area contributed by atoms with Gasteiger partial charge in [-0.05, 0) is 20.3 Å². The Morgan fingerprint density at radius 1 is 1.39 bits per heavy atom. The lowest BCUT2D eigenvalue weighted by molar-refractivity contribution is -0.143. The zero-order valence-electron chi connectivity index (χ0n) is 11.6. The van der Waals surface area contributed by atoms with Crippen LogP contribution in [-0.2, 0) is 14.3 Å². The Labute approximate surface area is 114 Å². The number of carboxylic acid groups (broad SMARTS) is 1. The molecular formula is C12H25NO4S.